The van der Waals surface area contributed by atoms with Gasteiger partial charge in [0.2, 0.25) is 0 Å². The Kier molecular flexibility index (Phi) is 5.31. The maximum Gasteiger partial charge on any atom is 0.323 e. The smallest absolute Gasteiger partial charge is 0.323 e. The average molecular weight is 323 g/mol. The third-order valence-corrected chi connectivity index (χ3v) is 4.98. The monoisotopic (exact) mass is 323 g/mol. The van der Waals surface area contributed by atoms with Crippen LogP contribution < -0.4 is 0 Å². The second kappa shape index (κ2) is 7.63. The Morgan fingerprint density at radius 3 is 2.42 bits per heavy atom. The summed E-state index contributed by atoms with van der Waals surface area (Å²) in [5.41, 5.74) is 2.27. The zero-order valence-corrected chi connectivity index (χ0v) is 14.4. The van der Waals surface area contributed by atoms with Gasteiger partial charge in [0.25, 0.3) is 0 Å². The summed E-state index contributed by atoms with van der Waals surface area (Å²) in [5.74, 6) is 0.214. The Morgan fingerprint density at radius 1 is 1.12 bits per heavy atom. The molecule has 0 radical (unpaired) electrons. The number of rotatable bonds is 5. The number of ether oxygens (including phenoxy) is 1. The third-order valence-electron chi connectivity index (χ3n) is 4.98. The highest BCUT2D eigenvalue weighted by atomic mass is 16.5. The lowest BCUT2D eigenvalue weighted by Crippen LogP contribution is -2.41. The molecule has 3 nitrogen and oxygen atoms in total. The molecule has 0 bridgehead atoms. The number of carbonyl (C=O) groups is 1. The Bertz CT molecular complexity index is 656. The number of nitrogens with zero attached hydrogens (tertiary/aromatic N) is 1. The van der Waals surface area contributed by atoms with E-state index in [0.717, 1.165) is 18.5 Å². The molecule has 0 spiro atoms. The van der Waals surface area contributed by atoms with E-state index < -0.39 is 0 Å². The van der Waals surface area contributed by atoms with E-state index in [1.54, 1.807) is 0 Å². The fraction of sp³-hybridized carbons (Fsp3) is 0.381. The van der Waals surface area contributed by atoms with Crippen molar-refractivity contribution in [3.05, 3.63) is 71.8 Å². The van der Waals surface area contributed by atoms with Crippen LogP contribution in [0.2, 0.25) is 0 Å². The molecule has 3 rings (SSSR count). The summed E-state index contributed by atoms with van der Waals surface area (Å²) in [7, 11) is 0. The highest BCUT2D eigenvalue weighted by molar-refractivity contribution is 5.76. The Balaban J connectivity index is 1.68. The highest BCUT2D eigenvalue weighted by Gasteiger charge is 2.40. The lowest BCUT2D eigenvalue weighted by molar-refractivity contribution is -0.152. The van der Waals surface area contributed by atoms with Gasteiger partial charge in [0.15, 0.2) is 0 Å². The fourth-order valence-corrected chi connectivity index (χ4v) is 3.52. The molecular formula is C21H25NO2. The molecule has 0 aliphatic carbocycles. The molecule has 24 heavy (non-hydrogen) atoms. The van der Waals surface area contributed by atoms with E-state index in [-0.39, 0.29) is 18.1 Å². The minimum absolute atomic E-state index is 0.105. The molecule has 1 heterocycles. The second-order valence-corrected chi connectivity index (χ2v) is 6.63. The lowest BCUT2D eigenvalue weighted by atomic mass is 10.0. The molecule has 2 aromatic rings. The van der Waals surface area contributed by atoms with Crippen molar-refractivity contribution in [2.75, 3.05) is 6.54 Å². The van der Waals surface area contributed by atoms with Gasteiger partial charge in [0.1, 0.15) is 12.6 Å². The topological polar surface area (TPSA) is 29.5 Å². The van der Waals surface area contributed by atoms with Crippen molar-refractivity contribution in [3.63, 3.8) is 0 Å². The summed E-state index contributed by atoms with van der Waals surface area (Å²) < 4.78 is 5.62. The van der Waals surface area contributed by atoms with Crippen molar-refractivity contribution in [2.24, 2.45) is 5.92 Å². The van der Waals surface area contributed by atoms with Gasteiger partial charge in [0, 0.05) is 6.04 Å². The van der Waals surface area contributed by atoms with E-state index >= 15 is 0 Å². The largest absolute Gasteiger partial charge is 0.460 e. The number of likely N-dealkylation sites (tertiary alicyclic amines) is 1. The van der Waals surface area contributed by atoms with Crippen LogP contribution in [0.1, 0.15) is 37.4 Å². The maximum absolute atomic E-state index is 12.7. The van der Waals surface area contributed by atoms with E-state index in [0.29, 0.717) is 12.5 Å². The molecule has 3 atom stereocenters. The molecule has 0 saturated carbocycles. The Hall–Kier alpha value is -2.13. The van der Waals surface area contributed by atoms with Gasteiger partial charge >= 0.3 is 5.97 Å². The Morgan fingerprint density at radius 2 is 1.75 bits per heavy atom. The van der Waals surface area contributed by atoms with Crippen molar-refractivity contribution in [3.8, 4) is 0 Å². The van der Waals surface area contributed by atoms with Crippen LogP contribution >= 0.6 is 0 Å². The summed E-state index contributed by atoms with van der Waals surface area (Å²) in [4.78, 5) is 15.0. The molecule has 0 N–H and O–H groups in total. The van der Waals surface area contributed by atoms with Crippen molar-refractivity contribution < 1.29 is 9.53 Å². The summed E-state index contributed by atoms with van der Waals surface area (Å²) >= 11 is 0. The van der Waals surface area contributed by atoms with Gasteiger partial charge in [-0.05, 0) is 36.9 Å². The molecule has 1 fully saturated rings. The first-order valence-corrected chi connectivity index (χ1v) is 8.68. The van der Waals surface area contributed by atoms with Gasteiger partial charge in [-0.3, -0.25) is 9.69 Å². The van der Waals surface area contributed by atoms with Crippen LogP contribution in [0.25, 0.3) is 0 Å². The predicted molar refractivity (Wildman–Crippen MR) is 95.4 cm³/mol. The maximum atomic E-state index is 12.7. The summed E-state index contributed by atoms with van der Waals surface area (Å²) in [6, 6.07) is 20.3. The van der Waals surface area contributed by atoms with Crippen LogP contribution in [-0.2, 0) is 16.1 Å². The molecule has 1 aliphatic heterocycles. The zero-order chi connectivity index (χ0) is 16.9. The fourth-order valence-electron chi connectivity index (χ4n) is 3.52. The van der Waals surface area contributed by atoms with Crippen LogP contribution in [0.4, 0.5) is 0 Å². The summed E-state index contributed by atoms with van der Waals surface area (Å²) in [6.07, 6.45) is 1.03. The molecule has 0 amide bonds. The van der Waals surface area contributed by atoms with Crippen molar-refractivity contribution in [1.29, 1.82) is 0 Å². The van der Waals surface area contributed by atoms with Crippen molar-refractivity contribution in [1.82, 2.24) is 4.90 Å². The SMILES string of the molecule is C[C@@H]1CCN([C@@H](C)c2ccccc2)[C@@H]1C(=O)OCc1ccccc1. The van der Waals surface area contributed by atoms with Gasteiger partial charge in [-0.1, -0.05) is 67.6 Å². The first-order valence-electron chi connectivity index (χ1n) is 8.68. The minimum Gasteiger partial charge on any atom is -0.460 e. The van der Waals surface area contributed by atoms with Gasteiger partial charge in [-0.25, -0.2) is 0 Å². The van der Waals surface area contributed by atoms with Gasteiger partial charge in [0.05, 0.1) is 0 Å². The number of carbonyl (C=O) groups excluding carboxylic acids is 1. The van der Waals surface area contributed by atoms with Crippen LogP contribution in [0.3, 0.4) is 0 Å². The van der Waals surface area contributed by atoms with E-state index in [2.05, 4.69) is 30.9 Å². The van der Waals surface area contributed by atoms with E-state index in [1.807, 2.05) is 48.5 Å². The van der Waals surface area contributed by atoms with Crippen LogP contribution in [0.15, 0.2) is 60.7 Å². The van der Waals surface area contributed by atoms with Crippen molar-refractivity contribution in [2.45, 2.75) is 39.0 Å². The van der Waals surface area contributed by atoms with E-state index in [9.17, 15) is 4.79 Å². The van der Waals surface area contributed by atoms with Crippen LogP contribution in [0, 0.1) is 5.92 Å². The van der Waals surface area contributed by atoms with Gasteiger partial charge in [-0.2, -0.15) is 0 Å². The molecule has 1 aliphatic rings. The molecule has 1 saturated heterocycles. The molecular weight excluding hydrogens is 298 g/mol. The van der Waals surface area contributed by atoms with Gasteiger partial charge < -0.3 is 4.74 Å². The lowest BCUT2D eigenvalue weighted by Gasteiger charge is -2.31. The predicted octanol–water partition coefficient (Wildman–Crippen LogP) is 4.20. The second-order valence-electron chi connectivity index (χ2n) is 6.63. The molecule has 0 unspecified atom stereocenters. The quantitative estimate of drug-likeness (QED) is 0.772. The Labute approximate surface area is 144 Å². The first-order chi connectivity index (χ1) is 11.7. The third kappa shape index (κ3) is 3.68. The number of hydrogen-bond donors (Lipinski definition) is 0. The summed E-state index contributed by atoms with van der Waals surface area (Å²) in [6.45, 7) is 5.59. The number of hydrogen-bond acceptors (Lipinski definition) is 3. The molecule has 0 aromatic heterocycles. The summed E-state index contributed by atoms with van der Waals surface area (Å²) in [5, 5.41) is 0. The van der Waals surface area contributed by atoms with E-state index in [1.165, 1.54) is 5.56 Å². The van der Waals surface area contributed by atoms with Crippen molar-refractivity contribution >= 4 is 5.97 Å². The molecule has 3 heteroatoms. The normalized spacial score (nSPS) is 22.2. The zero-order valence-electron chi connectivity index (χ0n) is 14.4. The highest BCUT2D eigenvalue weighted by Crippen LogP contribution is 2.33. The number of esters is 1. The standard InChI is InChI=1S/C21H25NO2/c1-16-13-14-22(17(2)19-11-7-4-8-12-19)20(16)21(23)24-15-18-9-5-3-6-10-18/h3-12,16-17,20H,13-15H2,1-2H3/t16-,17+,20+/m1/s1. The average Bonchev–Trinajstić information content (AvgIpc) is 3.02. The molecule has 126 valence electrons. The van der Waals surface area contributed by atoms with Crippen LogP contribution in [0.5, 0.6) is 0 Å². The van der Waals surface area contributed by atoms with Gasteiger partial charge in [-0.15, -0.1) is 0 Å². The minimum atomic E-state index is -0.163. The molecule has 2 aromatic carbocycles. The van der Waals surface area contributed by atoms with Crippen LogP contribution in [-0.4, -0.2) is 23.5 Å². The number of benzene rings is 2. The van der Waals surface area contributed by atoms with E-state index in [4.69, 9.17) is 4.74 Å². The first kappa shape index (κ1) is 16.7.